The number of carbonyl (C=O) groups is 1. The van der Waals surface area contributed by atoms with E-state index in [4.69, 9.17) is 5.73 Å². The lowest BCUT2D eigenvalue weighted by Gasteiger charge is -2.06. The molecular weight excluding hydrogens is 214 g/mol. The van der Waals surface area contributed by atoms with Crippen LogP contribution >= 0.6 is 0 Å². The van der Waals surface area contributed by atoms with Crippen molar-refractivity contribution in [2.75, 3.05) is 6.54 Å². The fourth-order valence-electron chi connectivity index (χ4n) is 1.82. The Morgan fingerprint density at radius 2 is 2.24 bits per heavy atom. The Morgan fingerprint density at radius 1 is 1.47 bits per heavy atom. The van der Waals surface area contributed by atoms with Gasteiger partial charge in [0, 0.05) is 23.6 Å². The summed E-state index contributed by atoms with van der Waals surface area (Å²) >= 11 is 0. The molecule has 0 unspecified atom stereocenters. The number of aromatic amines is 1. The number of nitrogens with two attached hydrogens (primary N) is 1. The molecule has 1 amide bonds. The van der Waals surface area contributed by atoms with Gasteiger partial charge in [-0.2, -0.15) is 0 Å². The number of hydrogen-bond donors (Lipinski definition) is 3. The van der Waals surface area contributed by atoms with Crippen LogP contribution in [0.5, 0.6) is 0 Å². The highest BCUT2D eigenvalue weighted by atomic mass is 16.2. The van der Waals surface area contributed by atoms with Crippen molar-refractivity contribution in [3.8, 4) is 0 Å². The molecule has 90 valence electrons. The molecule has 0 bridgehead atoms. The molecule has 1 aromatic carbocycles. The van der Waals surface area contributed by atoms with Gasteiger partial charge in [-0.05, 0) is 25.0 Å². The number of benzene rings is 1. The summed E-state index contributed by atoms with van der Waals surface area (Å²) in [5.41, 5.74) is 7.81. The molecule has 2 rings (SSSR count). The molecule has 1 heterocycles. The fourth-order valence-corrected chi connectivity index (χ4v) is 1.82. The first-order valence-corrected chi connectivity index (χ1v) is 5.77. The Hall–Kier alpha value is -1.81. The van der Waals surface area contributed by atoms with Crippen molar-refractivity contribution >= 4 is 16.8 Å². The van der Waals surface area contributed by atoms with Crippen LogP contribution in [-0.2, 0) is 11.2 Å². The van der Waals surface area contributed by atoms with Crippen molar-refractivity contribution in [3.05, 3.63) is 36.0 Å². The molecule has 2 aromatic rings. The molecule has 0 aliphatic carbocycles. The summed E-state index contributed by atoms with van der Waals surface area (Å²) in [6, 6.07) is 7.69. The second-order valence-corrected chi connectivity index (χ2v) is 4.19. The lowest BCUT2D eigenvalue weighted by Crippen LogP contribution is -2.39. The van der Waals surface area contributed by atoms with Crippen LogP contribution in [0.2, 0.25) is 0 Å². The molecule has 17 heavy (non-hydrogen) atoms. The Morgan fingerprint density at radius 3 is 3.00 bits per heavy atom. The van der Waals surface area contributed by atoms with Gasteiger partial charge in [0.25, 0.3) is 0 Å². The maximum atomic E-state index is 11.3. The highest BCUT2D eigenvalue weighted by molar-refractivity contribution is 5.83. The van der Waals surface area contributed by atoms with E-state index in [9.17, 15) is 4.79 Å². The molecule has 0 aliphatic rings. The summed E-state index contributed by atoms with van der Waals surface area (Å²) in [5, 5.41) is 4.02. The van der Waals surface area contributed by atoms with Gasteiger partial charge >= 0.3 is 0 Å². The SMILES string of the molecule is C[C@@H](N)C(=O)NCCc1c[nH]c2ccccc12. The van der Waals surface area contributed by atoms with E-state index in [1.54, 1.807) is 6.92 Å². The number of para-hydroxylation sites is 1. The quantitative estimate of drug-likeness (QED) is 0.739. The molecular formula is C13H17N3O. The minimum atomic E-state index is -0.446. The van der Waals surface area contributed by atoms with Crippen molar-refractivity contribution in [1.82, 2.24) is 10.3 Å². The number of H-pyrrole nitrogens is 1. The number of aromatic nitrogens is 1. The van der Waals surface area contributed by atoms with Crippen molar-refractivity contribution in [2.45, 2.75) is 19.4 Å². The smallest absolute Gasteiger partial charge is 0.236 e. The molecule has 4 heteroatoms. The molecule has 1 atom stereocenters. The molecule has 4 nitrogen and oxygen atoms in total. The van der Waals surface area contributed by atoms with Crippen molar-refractivity contribution < 1.29 is 4.79 Å². The maximum Gasteiger partial charge on any atom is 0.236 e. The summed E-state index contributed by atoms with van der Waals surface area (Å²) in [4.78, 5) is 14.5. The number of fused-ring (bicyclic) bond motifs is 1. The van der Waals surface area contributed by atoms with Crippen LogP contribution in [0.15, 0.2) is 30.5 Å². The first-order valence-electron chi connectivity index (χ1n) is 5.77. The van der Waals surface area contributed by atoms with Gasteiger partial charge in [-0.25, -0.2) is 0 Å². The second kappa shape index (κ2) is 5.01. The summed E-state index contributed by atoms with van der Waals surface area (Å²) in [7, 11) is 0. The van der Waals surface area contributed by atoms with E-state index in [1.165, 1.54) is 10.9 Å². The van der Waals surface area contributed by atoms with E-state index in [1.807, 2.05) is 24.4 Å². The van der Waals surface area contributed by atoms with Crippen molar-refractivity contribution in [1.29, 1.82) is 0 Å². The Labute approximate surface area is 100 Å². The van der Waals surface area contributed by atoms with Gasteiger partial charge in [0.1, 0.15) is 0 Å². The molecule has 0 radical (unpaired) electrons. The first kappa shape index (κ1) is 11.7. The largest absolute Gasteiger partial charge is 0.361 e. The lowest BCUT2D eigenvalue weighted by molar-refractivity contribution is -0.121. The van der Waals surface area contributed by atoms with Crippen LogP contribution in [-0.4, -0.2) is 23.5 Å². The van der Waals surface area contributed by atoms with Crippen molar-refractivity contribution in [3.63, 3.8) is 0 Å². The molecule has 0 spiro atoms. The fraction of sp³-hybridized carbons (Fsp3) is 0.308. The predicted octanol–water partition coefficient (Wildman–Crippen LogP) is 1.17. The second-order valence-electron chi connectivity index (χ2n) is 4.19. The van der Waals surface area contributed by atoms with Gasteiger partial charge in [-0.15, -0.1) is 0 Å². The van der Waals surface area contributed by atoms with E-state index < -0.39 is 6.04 Å². The zero-order chi connectivity index (χ0) is 12.3. The number of hydrogen-bond acceptors (Lipinski definition) is 2. The summed E-state index contributed by atoms with van der Waals surface area (Å²) < 4.78 is 0. The minimum Gasteiger partial charge on any atom is -0.361 e. The predicted molar refractivity (Wildman–Crippen MR) is 68.7 cm³/mol. The third-order valence-electron chi connectivity index (χ3n) is 2.78. The molecule has 0 saturated heterocycles. The van der Waals surface area contributed by atoms with Gasteiger partial charge < -0.3 is 16.0 Å². The standard InChI is InChI=1S/C13H17N3O/c1-9(14)13(17)15-7-6-10-8-16-12-5-3-2-4-11(10)12/h2-5,8-9,16H,6-7,14H2,1H3,(H,15,17)/t9-/m1/s1. The average Bonchev–Trinajstić information content (AvgIpc) is 2.72. The maximum absolute atomic E-state index is 11.3. The normalized spacial score (nSPS) is 12.6. The lowest BCUT2D eigenvalue weighted by atomic mass is 10.1. The molecule has 0 fully saturated rings. The zero-order valence-corrected chi connectivity index (χ0v) is 9.86. The summed E-state index contributed by atoms with van der Waals surface area (Å²) in [5.74, 6) is -0.107. The number of carbonyl (C=O) groups excluding carboxylic acids is 1. The Kier molecular flexibility index (Phi) is 3.44. The van der Waals surface area contributed by atoms with Crippen LogP contribution < -0.4 is 11.1 Å². The Bertz CT molecular complexity index is 516. The third-order valence-corrected chi connectivity index (χ3v) is 2.78. The van der Waals surface area contributed by atoms with Crippen molar-refractivity contribution in [2.24, 2.45) is 5.73 Å². The van der Waals surface area contributed by atoms with Gasteiger partial charge in [-0.1, -0.05) is 18.2 Å². The van der Waals surface area contributed by atoms with Crippen LogP contribution in [0.25, 0.3) is 10.9 Å². The van der Waals surface area contributed by atoms with Crippen LogP contribution in [0, 0.1) is 0 Å². The monoisotopic (exact) mass is 231 g/mol. The topological polar surface area (TPSA) is 70.9 Å². The molecule has 1 aromatic heterocycles. The van der Waals surface area contributed by atoms with E-state index >= 15 is 0 Å². The van der Waals surface area contributed by atoms with Crippen LogP contribution in [0.1, 0.15) is 12.5 Å². The van der Waals surface area contributed by atoms with E-state index in [0.717, 1.165) is 11.9 Å². The van der Waals surface area contributed by atoms with E-state index in [0.29, 0.717) is 6.54 Å². The average molecular weight is 231 g/mol. The number of amides is 1. The van der Waals surface area contributed by atoms with Gasteiger partial charge in [-0.3, -0.25) is 4.79 Å². The first-order chi connectivity index (χ1) is 8.18. The number of rotatable bonds is 4. The Balaban J connectivity index is 1.98. The zero-order valence-electron chi connectivity index (χ0n) is 9.86. The highest BCUT2D eigenvalue weighted by Gasteiger charge is 2.07. The minimum absolute atomic E-state index is 0.107. The van der Waals surface area contributed by atoms with Crippen LogP contribution in [0.3, 0.4) is 0 Å². The number of nitrogens with one attached hydrogen (secondary N) is 2. The van der Waals surface area contributed by atoms with Gasteiger partial charge in [0.2, 0.25) is 5.91 Å². The van der Waals surface area contributed by atoms with E-state index in [2.05, 4.69) is 16.4 Å². The molecule has 0 aliphatic heterocycles. The van der Waals surface area contributed by atoms with E-state index in [-0.39, 0.29) is 5.91 Å². The van der Waals surface area contributed by atoms with Gasteiger partial charge in [0.05, 0.1) is 6.04 Å². The van der Waals surface area contributed by atoms with Gasteiger partial charge in [0.15, 0.2) is 0 Å². The molecule has 4 N–H and O–H groups in total. The third kappa shape index (κ3) is 2.65. The molecule has 0 saturated carbocycles. The van der Waals surface area contributed by atoms with Crippen LogP contribution in [0.4, 0.5) is 0 Å². The summed E-state index contributed by atoms with van der Waals surface area (Å²) in [6.07, 6.45) is 2.80. The highest BCUT2D eigenvalue weighted by Crippen LogP contribution is 2.17. The summed E-state index contributed by atoms with van der Waals surface area (Å²) in [6.45, 7) is 2.29.